The molecule has 0 spiro atoms. The van der Waals surface area contributed by atoms with Gasteiger partial charge in [-0.05, 0) is 128 Å². The Morgan fingerprint density at radius 2 is 1.51 bits per heavy atom. The molecule has 83 heavy (non-hydrogen) atoms. The van der Waals surface area contributed by atoms with Gasteiger partial charge in [-0.3, -0.25) is 24.4 Å². The number of anilines is 2. The predicted octanol–water partition coefficient (Wildman–Crippen LogP) is 8.75. The molecule has 2 amide bonds. The van der Waals surface area contributed by atoms with Crippen molar-refractivity contribution in [3.63, 3.8) is 0 Å². The number of benzene rings is 4. The first-order chi connectivity index (χ1) is 39.6. The number of nitrogens with zero attached hydrogens (tertiary/aromatic N) is 6. The number of pyridine rings is 1. The number of alkyl halides is 3. The number of sulfonamides is 1. The van der Waals surface area contributed by atoms with Gasteiger partial charge < -0.3 is 29.9 Å². The lowest BCUT2D eigenvalue weighted by Gasteiger charge is -2.44. The van der Waals surface area contributed by atoms with Crippen LogP contribution in [0, 0.1) is 5.41 Å². The number of halogens is 4. The second-order valence-electron chi connectivity index (χ2n) is 21.8. The largest absolute Gasteiger partial charge is 0.501 e. The van der Waals surface area contributed by atoms with E-state index in [1.807, 2.05) is 47.2 Å². The molecule has 3 fully saturated rings. The minimum absolute atomic E-state index is 0.0238. The van der Waals surface area contributed by atoms with Gasteiger partial charge in [0.1, 0.15) is 10.6 Å². The molecule has 3 aliphatic heterocycles. The zero-order valence-electron chi connectivity index (χ0n) is 46.0. The SMILES string of the molecule is C[C@@]1(CN2CCN(C(=O)c3ccc(C(=O)O)cn3)CC2)CCC(c2ccc(Cl)cc2)=C(CN2CCN(c3ccc(C(=O)NS(=O)(=O)c4ccc(N[C@H](CCN5CCCOCC5)CSc5ccccc5)c(S(=O)(=O)C(F)(F)F)c4)cc3)CC2)C1. The Kier molecular flexibility index (Phi) is 19.9. The van der Waals surface area contributed by atoms with Crippen LogP contribution in [0.5, 0.6) is 0 Å². The maximum atomic E-state index is 14.3. The second kappa shape index (κ2) is 26.9. The molecule has 9 rings (SSSR count). The number of amides is 2. The second-order valence-corrected chi connectivity index (χ2v) is 26.9. The van der Waals surface area contributed by atoms with Gasteiger partial charge in [0.15, 0.2) is 0 Å². The van der Waals surface area contributed by atoms with Gasteiger partial charge in [-0.1, -0.05) is 54.4 Å². The number of aromatic carboxylic acids is 1. The third-order valence-electron chi connectivity index (χ3n) is 15.8. The van der Waals surface area contributed by atoms with E-state index in [4.69, 9.17) is 16.3 Å². The summed E-state index contributed by atoms with van der Waals surface area (Å²) >= 11 is 7.77. The van der Waals surface area contributed by atoms with E-state index in [9.17, 15) is 49.5 Å². The van der Waals surface area contributed by atoms with Crippen molar-refractivity contribution in [2.45, 2.75) is 65.3 Å². The van der Waals surface area contributed by atoms with Crippen molar-refractivity contribution in [3.8, 4) is 0 Å². The summed E-state index contributed by atoms with van der Waals surface area (Å²) in [4.78, 5) is 51.9. The van der Waals surface area contributed by atoms with E-state index >= 15 is 0 Å². The van der Waals surface area contributed by atoms with Gasteiger partial charge in [-0.2, -0.15) is 13.2 Å². The number of carboxylic acids is 1. The number of sulfone groups is 1. The van der Waals surface area contributed by atoms with Crippen LogP contribution in [-0.4, -0.2) is 180 Å². The first kappa shape index (κ1) is 61.5. The number of rotatable bonds is 20. The van der Waals surface area contributed by atoms with Crippen LogP contribution in [-0.2, 0) is 24.6 Å². The van der Waals surface area contributed by atoms with Crippen LogP contribution in [0.25, 0.3) is 5.57 Å². The lowest BCUT2D eigenvalue weighted by atomic mass is 9.71. The van der Waals surface area contributed by atoms with Gasteiger partial charge in [0.25, 0.3) is 31.7 Å². The molecule has 1 aromatic heterocycles. The molecule has 3 N–H and O–H groups in total. The van der Waals surface area contributed by atoms with Crippen LogP contribution in [0.4, 0.5) is 24.5 Å². The van der Waals surface area contributed by atoms with E-state index < -0.39 is 58.8 Å². The molecule has 0 bridgehead atoms. The lowest BCUT2D eigenvalue weighted by molar-refractivity contribution is -0.0436. The number of hydrogen-bond donors (Lipinski definition) is 3. The molecule has 1 aliphatic carbocycles. The fourth-order valence-corrected chi connectivity index (χ4v) is 14.3. The number of carboxylic acid groups (broad SMARTS) is 1. The van der Waals surface area contributed by atoms with Crippen molar-refractivity contribution in [3.05, 3.63) is 148 Å². The Hall–Kier alpha value is -6.05. The first-order valence-electron chi connectivity index (χ1n) is 27.7. The van der Waals surface area contributed by atoms with Crippen LogP contribution in [0.3, 0.4) is 0 Å². The minimum atomic E-state index is -6.10. The number of allylic oxidation sites excluding steroid dienone is 1. The summed E-state index contributed by atoms with van der Waals surface area (Å²) in [6, 6.07) is 28.4. The van der Waals surface area contributed by atoms with Crippen LogP contribution in [0.1, 0.15) is 75.8 Å². The molecule has 24 heteroatoms. The molecular weight excluding hydrogens is 1150 g/mol. The normalized spacial score (nSPS) is 19.5. The summed E-state index contributed by atoms with van der Waals surface area (Å²) in [5, 5.41) is 12.9. The van der Waals surface area contributed by atoms with Gasteiger partial charge >= 0.3 is 11.5 Å². The first-order valence-corrected chi connectivity index (χ1v) is 32.0. The van der Waals surface area contributed by atoms with E-state index in [1.165, 1.54) is 53.4 Å². The molecule has 3 saturated heterocycles. The standard InChI is InChI=1S/C59H68ClF3N8O9S3/c1-58(41-69-27-31-71(32-28-69)56(73)53-18-12-44(38-64-53)57(74)75)22-20-51(42-8-13-46(60)14-9-42)45(37-58)39-68-25-29-70(30-26-68)48-15-10-43(11-16-48)55(72)66-83(78,79)50-17-19-52(54(36-50)82(76,77)59(61,62)63)65-47(40-81-49-6-3-2-4-7-49)21-24-67-23-5-34-80-35-33-67/h2-4,6-19,36,38,47,65H,5,20-35,37,39-41H2,1H3,(H,66,72)(H,74,75)/t47-,58-/m1/s1. The van der Waals surface area contributed by atoms with Crippen molar-refractivity contribution in [1.29, 1.82) is 0 Å². The van der Waals surface area contributed by atoms with Gasteiger partial charge in [0.05, 0.1) is 22.8 Å². The molecular formula is C59H68ClF3N8O9S3. The van der Waals surface area contributed by atoms with Crippen molar-refractivity contribution in [2.75, 3.05) is 114 Å². The molecule has 4 aliphatic rings. The van der Waals surface area contributed by atoms with Crippen molar-refractivity contribution < 1.29 is 54.2 Å². The number of nitrogens with one attached hydrogen (secondary N) is 2. The Balaban J connectivity index is 0.822. The van der Waals surface area contributed by atoms with Gasteiger partial charge in [0.2, 0.25) is 0 Å². The maximum Gasteiger partial charge on any atom is 0.501 e. The number of carbonyl (C=O) groups excluding carboxylic acids is 2. The summed E-state index contributed by atoms with van der Waals surface area (Å²) in [6.45, 7) is 12.4. The third kappa shape index (κ3) is 15.8. The minimum Gasteiger partial charge on any atom is -0.478 e. The number of aromatic nitrogens is 1. The zero-order valence-corrected chi connectivity index (χ0v) is 49.2. The van der Waals surface area contributed by atoms with Gasteiger partial charge in [-0.15, -0.1) is 11.8 Å². The molecule has 4 heterocycles. The summed E-state index contributed by atoms with van der Waals surface area (Å²) in [5.41, 5.74) is -1.38. The average Bonchev–Trinajstić information content (AvgIpc) is 3.83. The summed E-state index contributed by atoms with van der Waals surface area (Å²) < 4.78 is 104. The molecule has 4 aromatic carbocycles. The van der Waals surface area contributed by atoms with E-state index in [0.29, 0.717) is 88.8 Å². The summed E-state index contributed by atoms with van der Waals surface area (Å²) in [6.07, 6.45) is 5.19. The molecule has 5 aromatic rings. The highest BCUT2D eigenvalue weighted by Gasteiger charge is 2.49. The molecule has 444 valence electrons. The van der Waals surface area contributed by atoms with Crippen molar-refractivity contribution in [1.82, 2.24) is 29.3 Å². The van der Waals surface area contributed by atoms with Crippen LogP contribution in [0.2, 0.25) is 5.02 Å². The van der Waals surface area contributed by atoms with Crippen LogP contribution < -0.4 is 14.9 Å². The van der Waals surface area contributed by atoms with Gasteiger partial charge in [0, 0.05) is 131 Å². The Morgan fingerprint density at radius 3 is 2.18 bits per heavy atom. The smallest absolute Gasteiger partial charge is 0.478 e. The van der Waals surface area contributed by atoms with Crippen LogP contribution >= 0.6 is 23.4 Å². The van der Waals surface area contributed by atoms with E-state index in [-0.39, 0.29) is 28.1 Å². The Labute approximate surface area is 492 Å². The predicted molar refractivity (Wildman–Crippen MR) is 314 cm³/mol. The number of piperazine rings is 2. The molecule has 2 atom stereocenters. The van der Waals surface area contributed by atoms with E-state index in [2.05, 4.69) is 49.0 Å². The Morgan fingerprint density at radius 1 is 0.807 bits per heavy atom. The molecule has 17 nitrogen and oxygen atoms in total. The Bertz CT molecular complexity index is 3340. The van der Waals surface area contributed by atoms with Gasteiger partial charge in [-0.25, -0.2) is 26.4 Å². The molecule has 0 saturated carbocycles. The van der Waals surface area contributed by atoms with Crippen molar-refractivity contribution in [2.24, 2.45) is 5.41 Å². The zero-order chi connectivity index (χ0) is 58.9. The number of thioether (sulfide) groups is 1. The lowest BCUT2D eigenvalue weighted by Crippen LogP contribution is -2.51. The number of ether oxygens (including phenoxy) is 1. The summed E-state index contributed by atoms with van der Waals surface area (Å²) in [7, 11) is -11.0. The highest BCUT2D eigenvalue weighted by Crippen LogP contribution is 2.44. The monoisotopic (exact) mass is 1220 g/mol. The number of carbonyl (C=O) groups is 3. The highest BCUT2D eigenvalue weighted by molar-refractivity contribution is 7.99. The average molecular weight is 1220 g/mol. The topological polar surface area (TPSA) is 202 Å². The third-order valence-corrected chi connectivity index (χ3v) is 20.0. The fourth-order valence-electron chi connectivity index (χ4n) is 11.2. The van der Waals surface area contributed by atoms with E-state index in [1.54, 1.807) is 17.0 Å². The number of hydrogen-bond acceptors (Lipinski definition) is 15. The molecule has 0 radical (unpaired) electrons. The highest BCUT2D eigenvalue weighted by atomic mass is 35.5. The summed E-state index contributed by atoms with van der Waals surface area (Å²) in [5.74, 6) is -2.02. The maximum absolute atomic E-state index is 14.3. The molecule has 0 unspecified atom stereocenters. The van der Waals surface area contributed by atoms with E-state index in [0.717, 1.165) is 86.7 Å². The van der Waals surface area contributed by atoms with Crippen molar-refractivity contribution >= 4 is 78.0 Å². The quantitative estimate of drug-likeness (QED) is 0.0624. The van der Waals surface area contributed by atoms with Crippen LogP contribution in [0.15, 0.2) is 136 Å². The fraction of sp³-hybridized carbons (Fsp3) is 0.424.